The molecule has 3 heteroatoms. The monoisotopic (exact) mass is 454 g/mol. The maximum atomic E-state index is 12.8. The quantitative estimate of drug-likeness (QED) is 0.155. The molecule has 3 nitrogen and oxygen atoms in total. The van der Waals surface area contributed by atoms with E-state index >= 15 is 0 Å². The summed E-state index contributed by atoms with van der Waals surface area (Å²) >= 11 is 0. The molecule has 0 saturated carbocycles. The summed E-state index contributed by atoms with van der Waals surface area (Å²) < 4.78 is 0. The van der Waals surface area contributed by atoms with E-state index < -0.39 is 0 Å². The van der Waals surface area contributed by atoms with Crippen LogP contribution in [0.5, 0.6) is 0 Å². The maximum Gasteiger partial charge on any atom is 0.237 e. The third-order valence-corrected chi connectivity index (χ3v) is 7.13. The predicted molar refractivity (Wildman–Crippen MR) is 140 cm³/mol. The molecule has 1 aliphatic heterocycles. The van der Waals surface area contributed by atoms with Gasteiger partial charge in [-0.25, -0.2) is 0 Å². The molecule has 0 spiro atoms. The first-order chi connectivity index (χ1) is 16.2. The molecule has 1 saturated heterocycles. The number of anilines is 1. The molecule has 1 aromatic carbocycles. The molecule has 33 heavy (non-hydrogen) atoms. The smallest absolute Gasteiger partial charge is 0.237 e. The molecule has 2 rings (SSSR count). The van der Waals surface area contributed by atoms with Gasteiger partial charge in [0.1, 0.15) is 0 Å². The Morgan fingerprint density at radius 2 is 1.18 bits per heavy atom. The highest BCUT2D eigenvalue weighted by molar-refractivity contribution is 6.20. The number of benzene rings is 1. The summed E-state index contributed by atoms with van der Waals surface area (Å²) in [6, 6.07) is 7.64. The van der Waals surface area contributed by atoms with Gasteiger partial charge in [0.25, 0.3) is 0 Å². The van der Waals surface area contributed by atoms with E-state index in [-0.39, 0.29) is 17.7 Å². The summed E-state index contributed by atoms with van der Waals surface area (Å²) in [5, 5.41) is 0. The molecule has 1 unspecified atom stereocenters. The number of unbranched alkanes of at least 4 members (excludes halogenated alkanes) is 15. The number of carbonyl (C=O) groups excluding carboxylic acids is 2. The fourth-order valence-electron chi connectivity index (χ4n) is 4.94. The Morgan fingerprint density at radius 3 is 1.64 bits per heavy atom. The fourth-order valence-corrected chi connectivity index (χ4v) is 4.94. The molecule has 185 valence electrons. The highest BCUT2D eigenvalue weighted by atomic mass is 16.2. The van der Waals surface area contributed by atoms with Crippen molar-refractivity contribution in [2.75, 3.05) is 4.90 Å². The first-order valence-electron chi connectivity index (χ1n) is 13.9. The molecule has 0 aliphatic carbocycles. The minimum absolute atomic E-state index is 0.0108. The van der Waals surface area contributed by atoms with Crippen LogP contribution in [0.3, 0.4) is 0 Å². The highest BCUT2D eigenvalue weighted by Crippen LogP contribution is 2.30. The van der Waals surface area contributed by atoms with Gasteiger partial charge in [0, 0.05) is 12.3 Å². The topological polar surface area (TPSA) is 37.4 Å². The Bertz CT molecular complexity index is 666. The zero-order valence-corrected chi connectivity index (χ0v) is 21.3. The van der Waals surface area contributed by atoms with Crippen molar-refractivity contribution in [3.63, 3.8) is 0 Å². The van der Waals surface area contributed by atoms with Crippen molar-refractivity contribution >= 4 is 17.5 Å². The zero-order valence-electron chi connectivity index (χ0n) is 21.3. The summed E-state index contributed by atoms with van der Waals surface area (Å²) in [6.07, 6.45) is 23.5. The number of amides is 2. The Hall–Kier alpha value is -1.64. The van der Waals surface area contributed by atoms with Crippen molar-refractivity contribution in [1.29, 1.82) is 0 Å². The molecule has 1 radical (unpaired) electrons. The van der Waals surface area contributed by atoms with E-state index in [0.717, 1.165) is 18.4 Å². The van der Waals surface area contributed by atoms with E-state index in [1.165, 1.54) is 101 Å². The van der Waals surface area contributed by atoms with Crippen molar-refractivity contribution in [3.05, 3.63) is 36.8 Å². The van der Waals surface area contributed by atoms with Gasteiger partial charge in [0.2, 0.25) is 11.8 Å². The standard InChI is InChI=1S/C30H48NO2/c1-3-5-6-7-8-9-10-11-12-13-14-15-16-17-18-19-20-27-25-29(32)31(30(27)33)28-23-21-26(4-2)22-24-28/h21-24,27H,2-20,25H2,1H3. The molecular weight excluding hydrogens is 406 g/mol. The van der Waals surface area contributed by atoms with Crippen LogP contribution < -0.4 is 4.90 Å². The van der Waals surface area contributed by atoms with Gasteiger partial charge in [-0.15, -0.1) is 0 Å². The Kier molecular flexibility index (Phi) is 14.1. The van der Waals surface area contributed by atoms with E-state index in [4.69, 9.17) is 0 Å². The van der Waals surface area contributed by atoms with E-state index in [0.29, 0.717) is 18.5 Å². The summed E-state index contributed by atoms with van der Waals surface area (Å²) in [4.78, 5) is 26.6. The second-order valence-electron chi connectivity index (χ2n) is 9.98. The van der Waals surface area contributed by atoms with Gasteiger partial charge in [-0.3, -0.25) is 14.5 Å². The first-order valence-corrected chi connectivity index (χ1v) is 13.9. The summed E-state index contributed by atoms with van der Waals surface area (Å²) in [5.41, 5.74) is 1.82. The lowest BCUT2D eigenvalue weighted by Crippen LogP contribution is -2.30. The largest absolute Gasteiger partial charge is 0.274 e. The van der Waals surface area contributed by atoms with Gasteiger partial charge in [-0.05, 0) is 37.5 Å². The molecule has 2 amide bonds. The minimum Gasteiger partial charge on any atom is -0.274 e. The SMILES string of the molecule is [CH2]Cc1ccc(N2C(=O)CC(CCCCCCCCCCCCCCCCCC)C2=O)cc1. The summed E-state index contributed by atoms with van der Waals surface area (Å²) in [5.74, 6) is -0.191. The second kappa shape index (κ2) is 16.9. The average Bonchev–Trinajstić information content (AvgIpc) is 3.11. The Morgan fingerprint density at radius 1 is 0.727 bits per heavy atom. The molecule has 1 fully saturated rings. The lowest BCUT2D eigenvalue weighted by molar-refractivity contribution is -0.122. The number of nitrogens with zero attached hydrogens (tertiary/aromatic N) is 1. The van der Waals surface area contributed by atoms with Crippen LogP contribution in [0.4, 0.5) is 5.69 Å². The van der Waals surface area contributed by atoms with Gasteiger partial charge in [0.05, 0.1) is 5.69 Å². The third kappa shape index (κ3) is 10.4. The predicted octanol–water partition coefficient (Wildman–Crippen LogP) is 8.59. The lowest BCUT2D eigenvalue weighted by Gasteiger charge is -2.15. The molecule has 1 aliphatic rings. The summed E-state index contributed by atoms with van der Waals surface area (Å²) in [7, 11) is 0. The van der Waals surface area contributed by atoms with Crippen LogP contribution in [0.25, 0.3) is 0 Å². The number of hydrogen-bond acceptors (Lipinski definition) is 2. The number of rotatable bonds is 19. The molecule has 1 atom stereocenters. The van der Waals surface area contributed by atoms with Gasteiger partial charge in [-0.2, -0.15) is 0 Å². The fraction of sp³-hybridized carbons (Fsp3) is 0.700. The van der Waals surface area contributed by atoms with Gasteiger partial charge >= 0.3 is 0 Å². The van der Waals surface area contributed by atoms with Gasteiger partial charge in [0.15, 0.2) is 0 Å². The van der Waals surface area contributed by atoms with Crippen molar-refractivity contribution in [1.82, 2.24) is 0 Å². The molecule has 0 bridgehead atoms. The molecular formula is C30H48NO2. The van der Waals surface area contributed by atoms with Gasteiger partial charge < -0.3 is 0 Å². The van der Waals surface area contributed by atoms with E-state index in [9.17, 15) is 9.59 Å². The second-order valence-corrected chi connectivity index (χ2v) is 9.98. The third-order valence-electron chi connectivity index (χ3n) is 7.13. The van der Waals surface area contributed by atoms with E-state index in [2.05, 4.69) is 13.8 Å². The molecule has 1 aromatic rings. The lowest BCUT2D eigenvalue weighted by atomic mass is 9.98. The zero-order chi connectivity index (χ0) is 23.7. The van der Waals surface area contributed by atoms with Crippen LogP contribution in [0.1, 0.15) is 128 Å². The van der Waals surface area contributed by atoms with Crippen LogP contribution in [0.15, 0.2) is 24.3 Å². The number of imide groups is 1. The Labute approximate surface area is 203 Å². The van der Waals surface area contributed by atoms with E-state index in [1.807, 2.05) is 24.3 Å². The van der Waals surface area contributed by atoms with Gasteiger partial charge in [-0.1, -0.05) is 122 Å². The normalized spacial score (nSPS) is 16.2. The molecule has 1 heterocycles. The number of hydrogen-bond donors (Lipinski definition) is 0. The summed E-state index contributed by atoms with van der Waals surface area (Å²) in [6.45, 7) is 6.15. The highest BCUT2D eigenvalue weighted by Gasteiger charge is 2.38. The average molecular weight is 455 g/mol. The molecule has 0 N–H and O–H groups in total. The van der Waals surface area contributed by atoms with Crippen LogP contribution in [0.2, 0.25) is 0 Å². The van der Waals surface area contributed by atoms with Crippen molar-refractivity contribution in [2.45, 2.75) is 129 Å². The van der Waals surface area contributed by atoms with E-state index in [1.54, 1.807) is 0 Å². The van der Waals surface area contributed by atoms with Crippen LogP contribution >= 0.6 is 0 Å². The number of carbonyl (C=O) groups is 2. The van der Waals surface area contributed by atoms with Crippen LogP contribution in [-0.4, -0.2) is 11.8 Å². The van der Waals surface area contributed by atoms with Crippen LogP contribution in [-0.2, 0) is 16.0 Å². The van der Waals surface area contributed by atoms with Crippen molar-refractivity contribution < 1.29 is 9.59 Å². The maximum absolute atomic E-state index is 12.8. The van der Waals surface area contributed by atoms with Crippen molar-refractivity contribution in [3.8, 4) is 0 Å². The van der Waals surface area contributed by atoms with Crippen LogP contribution in [0, 0.1) is 12.8 Å². The molecule has 0 aromatic heterocycles. The Balaban J connectivity index is 1.45. The first kappa shape index (κ1) is 27.6. The van der Waals surface area contributed by atoms with Crippen molar-refractivity contribution in [2.24, 2.45) is 5.92 Å². The minimum atomic E-state index is -0.128.